The van der Waals surface area contributed by atoms with Gasteiger partial charge in [0.1, 0.15) is 5.82 Å². The second-order valence-electron chi connectivity index (χ2n) is 4.73. The first-order valence-electron chi connectivity index (χ1n) is 5.66. The van der Waals surface area contributed by atoms with Crippen LogP contribution >= 0.6 is 27.5 Å². The molecule has 0 atom stereocenters. The Balaban J connectivity index is 2.22. The van der Waals surface area contributed by atoms with Gasteiger partial charge in [-0.25, -0.2) is 4.39 Å². The molecule has 1 aromatic rings. The third-order valence-corrected chi connectivity index (χ3v) is 5.03. The highest BCUT2D eigenvalue weighted by Gasteiger charge is 2.33. The van der Waals surface area contributed by atoms with Gasteiger partial charge in [0.2, 0.25) is 0 Å². The van der Waals surface area contributed by atoms with Crippen molar-refractivity contribution in [1.29, 1.82) is 0 Å². The standard InChI is InChI=1S/C13H15BrClF/c14-9-13(6-1-2-7-13)8-10-4-3-5-11(15)12(10)16/h3-5H,1-2,6-9H2. The average molecular weight is 306 g/mol. The van der Waals surface area contributed by atoms with Gasteiger partial charge in [-0.1, -0.05) is 52.5 Å². The Kier molecular flexibility index (Phi) is 3.91. The molecule has 0 saturated heterocycles. The third-order valence-electron chi connectivity index (χ3n) is 3.54. The summed E-state index contributed by atoms with van der Waals surface area (Å²) < 4.78 is 13.8. The van der Waals surface area contributed by atoms with Crippen molar-refractivity contribution in [3.05, 3.63) is 34.6 Å². The van der Waals surface area contributed by atoms with Crippen molar-refractivity contribution < 1.29 is 4.39 Å². The van der Waals surface area contributed by atoms with Gasteiger partial charge in [0.15, 0.2) is 0 Å². The zero-order valence-electron chi connectivity index (χ0n) is 9.11. The maximum atomic E-state index is 13.8. The first-order valence-corrected chi connectivity index (χ1v) is 7.16. The summed E-state index contributed by atoms with van der Waals surface area (Å²) in [6.07, 6.45) is 5.68. The maximum absolute atomic E-state index is 13.8. The second kappa shape index (κ2) is 5.05. The van der Waals surface area contributed by atoms with Gasteiger partial charge in [0.05, 0.1) is 5.02 Å². The molecule has 3 heteroatoms. The molecule has 0 N–H and O–H groups in total. The fraction of sp³-hybridized carbons (Fsp3) is 0.538. The van der Waals surface area contributed by atoms with Gasteiger partial charge in [-0.05, 0) is 36.3 Å². The molecule has 16 heavy (non-hydrogen) atoms. The summed E-state index contributed by atoms with van der Waals surface area (Å²) in [5.74, 6) is -0.239. The van der Waals surface area contributed by atoms with Gasteiger partial charge in [0.25, 0.3) is 0 Å². The molecule has 1 aliphatic rings. The molecule has 0 heterocycles. The molecule has 0 radical (unpaired) electrons. The molecular formula is C13H15BrClF. The van der Waals surface area contributed by atoms with Crippen LogP contribution in [0.4, 0.5) is 4.39 Å². The van der Waals surface area contributed by atoms with Crippen molar-refractivity contribution in [3.8, 4) is 0 Å². The van der Waals surface area contributed by atoms with Crippen molar-refractivity contribution in [2.24, 2.45) is 5.41 Å². The largest absolute Gasteiger partial charge is 0.205 e. The summed E-state index contributed by atoms with van der Waals surface area (Å²) in [5.41, 5.74) is 1.000. The Labute approximate surface area is 109 Å². The van der Waals surface area contributed by atoms with Crippen LogP contribution in [0.15, 0.2) is 18.2 Å². The highest BCUT2D eigenvalue weighted by Crippen LogP contribution is 2.43. The van der Waals surface area contributed by atoms with E-state index < -0.39 is 0 Å². The summed E-state index contributed by atoms with van der Waals surface area (Å²) in [5, 5.41) is 1.19. The molecule has 1 aliphatic carbocycles. The molecule has 0 spiro atoms. The second-order valence-corrected chi connectivity index (χ2v) is 5.70. The zero-order chi connectivity index (χ0) is 11.6. The summed E-state index contributed by atoms with van der Waals surface area (Å²) in [6, 6.07) is 5.29. The summed E-state index contributed by atoms with van der Waals surface area (Å²) in [6.45, 7) is 0. The van der Waals surface area contributed by atoms with E-state index in [9.17, 15) is 4.39 Å². The molecule has 0 bridgehead atoms. The van der Waals surface area contributed by atoms with E-state index in [1.165, 1.54) is 25.7 Å². The lowest BCUT2D eigenvalue weighted by Gasteiger charge is -2.26. The van der Waals surface area contributed by atoms with E-state index in [0.29, 0.717) is 0 Å². The molecule has 1 fully saturated rings. The van der Waals surface area contributed by atoms with Crippen LogP contribution in [0.25, 0.3) is 0 Å². The minimum Gasteiger partial charge on any atom is -0.205 e. The fourth-order valence-electron chi connectivity index (χ4n) is 2.57. The minimum absolute atomic E-state index is 0.236. The molecule has 0 aliphatic heterocycles. The quantitative estimate of drug-likeness (QED) is 0.691. The predicted molar refractivity (Wildman–Crippen MR) is 69.8 cm³/mol. The Hall–Kier alpha value is -0.0800. The smallest absolute Gasteiger partial charge is 0.144 e. The van der Waals surface area contributed by atoms with Crippen LogP contribution in [0.3, 0.4) is 0 Å². The van der Waals surface area contributed by atoms with Crippen LogP contribution in [0.2, 0.25) is 5.02 Å². The number of benzene rings is 1. The number of halogens is 3. The lowest BCUT2D eigenvalue weighted by Crippen LogP contribution is -2.22. The van der Waals surface area contributed by atoms with Crippen LogP contribution in [0.5, 0.6) is 0 Å². The lowest BCUT2D eigenvalue weighted by molar-refractivity contribution is 0.341. The van der Waals surface area contributed by atoms with E-state index in [2.05, 4.69) is 15.9 Å². The van der Waals surface area contributed by atoms with E-state index in [0.717, 1.165) is 17.3 Å². The van der Waals surface area contributed by atoms with Crippen molar-refractivity contribution in [3.63, 3.8) is 0 Å². The Morgan fingerprint density at radius 2 is 2.00 bits per heavy atom. The zero-order valence-corrected chi connectivity index (χ0v) is 11.5. The highest BCUT2D eigenvalue weighted by molar-refractivity contribution is 9.09. The first-order chi connectivity index (χ1) is 7.67. The number of rotatable bonds is 3. The van der Waals surface area contributed by atoms with Crippen molar-refractivity contribution >= 4 is 27.5 Å². The van der Waals surface area contributed by atoms with E-state index in [-0.39, 0.29) is 16.3 Å². The van der Waals surface area contributed by atoms with E-state index in [4.69, 9.17) is 11.6 Å². The summed E-state index contributed by atoms with van der Waals surface area (Å²) >= 11 is 9.38. The van der Waals surface area contributed by atoms with Crippen LogP contribution in [-0.2, 0) is 6.42 Å². The minimum atomic E-state index is -0.239. The molecule has 0 aromatic heterocycles. The molecule has 2 rings (SSSR count). The first kappa shape index (κ1) is 12.4. The molecule has 0 amide bonds. The molecule has 1 aromatic carbocycles. The Morgan fingerprint density at radius 1 is 1.31 bits per heavy atom. The van der Waals surface area contributed by atoms with E-state index in [1.54, 1.807) is 6.07 Å². The molecular weight excluding hydrogens is 290 g/mol. The summed E-state index contributed by atoms with van der Waals surface area (Å²) in [7, 11) is 0. The van der Waals surface area contributed by atoms with Crippen LogP contribution in [0, 0.1) is 11.2 Å². The van der Waals surface area contributed by atoms with Crippen molar-refractivity contribution in [2.75, 3.05) is 5.33 Å². The van der Waals surface area contributed by atoms with Crippen LogP contribution in [-0.4, -0.2) is 5.33 Å². The van der Waals surface area contributed by atoms with Gasteiger partial charge >= 0.3 is 0 Å². The normalized spacial score (nSPS) is 18.9. The van der Waals surface area contributed by atoms with E-state index >= 15 is 0 Å². The Morgan fingerprint density at radius 3 is 2.62 bits per heavy atom. The number of hydrogen-bond acceptors (Lipinski definition) is 0. The van der Waals surface area contributed by atoms with Gasteiger partial charge in [-0.3, -0.25) is 0 Å². The van der Waals surface area contributed by atoms with Gasteiger partial charge in [-0.2, -0.15) is 0 Å². The van der Waals surface area contributed by atoms with Crippen molar-refractivity contribution in [2.45, 2.75) is 32.1 Å². The maximum Gasteiger partial charge on any atom is 0.144 e. The van der Waals surface area contributed by atoms with E-state index in [1.807, 2.05) is 12.1 Å². The Bertz CT molecular complexity index is 372. The predicted octanol–water partition coefficient (Wildman–Crippen LogP) is 4.98. The molecule has 0 unspecified atom stereocenters. The SMILES string of the molecule is Fc1c(Cl)cccc1CC1(CBr)CCCC1. The molecule has 88 valence electrons. The topological polar surface area (TPSA) is 0 Å². The lowest BCUT2D eigenvalue weighted by atomic mass is 9.82. The summed E-state index contributed by atoms with van der Waals surface area (Å²) in [4.78, 5) is 0. The van der Waals surface area contributed by atoms with Gasteiger partial charge < -0.3 is 0 Å². The van der Waals surface area contributed by atoms with Crippen LogP contribution in [0.1, 0.15) is 31.2 Å². The number of hydrogen-bond donors (Lipinski definition) is 0. The van der Waals surface area contributed by atoms with Gasteiger partial charge in [-0.15, -0.1) is 0 Å². The molecule has 1 saturated carbocycles. The average Bonchev–Trinajstić information content (AvgIpc) is 2.74. The third kappa shape index (κ3) is 2.43. The highest BCUT2D eigenvalue weighted by atomic mass is 79.9. The van der Waals surface area contributed by atoms with Crippen LogP contribution < -0.4 is 0 Å². The number of alkyl halides is 1. The van der Waals surface area contributed by atoms with Crippen molar-refractivity contribution in [1.82, 2.24) is 0 Å². The monoisotopic (exact) mass is 304 g/mol. The fourth-order valence-corrected chi connectivity index (χ4v) is 3.52. The van der Waals surface area contributed by atoms with Gasteiger partial charge in [0, 0.05) is 5.33 Å². The molecule has 0 nitrogen and oxygen atoms in total.